The maximum absolute atomic E-state index is 5.80. The largest absolute Gasteiger partial charge is 0.384 e. The molecule has 0 radical (unpaired) electrons. The normalized spacial score (nSPS) is 10.6. The van der Waals surface area contributed by atoms with Crippen molar-refractivity contribution in [3.63, 3.8) is 0 Å². The zero-order valence-corrected chi connectivity index (χ0v) is 9.10. The molecule has 1 aromatic heterocycles. The number of nitrogens with two attached hydrogens (primary N) is 1. The second-order valence-electron chi connectivity index (χ2n) is 2.92. The molecule has 0 saturated carbocycles. The van der Waals surface area contributed by atoms with Gasteiger partial charge in [-0.1, -0.05) is 20.3 Å². The number of nitrogens with zero attached hydrogens (tertiary/aromatic N) is 2. The van der Waals surface area contributed by atoms with E-state index in [-0.39, 0.29) is 0 Å². The maximum atomic E-state index is 5.80. The van der Waals surface area contributed by atoms with Crippen LogP contribution in [0.2, 0.25) is 0 Å². The molecule has 0 unspecified atom stereocenters. The first-order valence-electron chi connectivity index (χ1n) is 4.74. The lowest BCUT2D eigenvalue weighted by Gasteiger charge is -2.00. The van der Waals surface area contributed by atoms with Crippen molar-refractivity contribution in [2.75, 3.05) is 11.5 Å². The second kappa shape index (κ2) is 5.17. The van der Waals surface area contributed by atoms with E-state index in [0.29, 0.717) is 0 Å². The molecular formula is C9H17N3S. The van der Waals surface area contributed by atoms with E-state index in [2.05, 4.69) is 18.9 Å². The third kappa shape index (κ3) is 2.95. The molecule has 4 heteroatoms. The van der Waals surface area contributed by atoms with Gasteiger partial charge in [-0.2, -0.15) is 5.10 Å². The molecule has 1 rings (SSSR count). The monoisotopic (exact) mass is 199 g/mol. The Kier molecular flexibility index (Phi) is 4.15. The summed E-state index contributed by atoms with van der Waals surface area (Å²) in [6, 6.07) is 1.95. The number of nitrogen functional groups attached to an aromatic ring is 1. The molecule has 0 amide bonds. The van der Waals surface area contributed by atoms with E-state index in [4.69, 9.17) is 5.73 Å². The van der Waals surface area contributed by atoms with E-state index in [1.54, 1.807) is 11.8 Å². The lowest BCUT2D eigenvalue weighted by molar-refractivity contribution is 0.568. The van der Waals surface area contributed by atoms with Crippen molar-refractivity contribution in [3.05, 3.63) is 6.07 Å². The number of rotatable bonds is 5. The third-order valence-electron chi connectivity index (χ3n) is 1.80. The highest BCUT2D eigenvalue weighted by Gasteiger charge is 2.03. The van der Waals surface area contributed by atoms with E-state index >= 15 is 0 Å². The quantitative estimate of drug-likeness (QED) is 0.740. The van der Waals surface area contributed by atoms with Gasteiger partial charge in [0.25, 0.3) is 0 Å². The number of hydrogen-bond donors (Lipinski definition) is 1. The molecule has 0 aromatic carbocycles. The summed E-state index contributed by atoms with van der Waals surface area (Å²) in [7, 11) is 0. The highest BCUT2D eigenvalue weighted by Crippen LogP contribution is 2.18. The topological polar surface area (TPSA) is 43.8 Å². The van der Waals surface area contributed by atoms with Crippen molar-refractivity contribution in [1.82, 2.24) is 9.78 Å². The molecule has 0 fully saturated rings. The predicted molar refractivity (Wildman–Crippen MR) is 57.9 cm³/mol. The number of anilines is 1. The summed E-state index contributed by atoms with van der Waals surface area (Å²) < 4.78 is 1.89. The summed E-state index contributed by atoms with van der Waals surface area (Å²) in [6.45, 7) is 5.22. The SMILES string of the molecule is CCCCn1nc(SCC)cc1N. The molecule has 1 heterocycles. The fourth-order valence-electron chi connectivity index (χ4n) is 1.11. The molecule has 0 spiro atoms. The van der Waals surface area contributed by atoms with E-state index in [1.165, 1.54) is 6.42 Å². The van der Waals surface area contributed by atoms with Gasteiger partial charge in [0.05, 0.1) is 0 Å². The zero-order chi connectivity index (χ0) is 9.68. The Morgan fingerprint density at radius 2 is 2.31 bits per heavy atom. The van der Waals surface area contributed by atoms with Crippen LogP contribution < -0.4 is 5.73 Å². The lowest BCUT2D eigenvalue weighted by Crippen LogP contribution is -2.04. The van der Waals surface area contributed by atoms with E-state index in [9.17, 15) is 0 Å². The summed E-state index contributed by atoms with van der Waals surface area (Å²) in [5, 5.41) is 5.43. The molecule has 2 N–H and O–H groups in total. The van der Waals surface area contributed by atoms with Gasteiger partial charge >= 0.3 is 0 Å². The average molecular weight is 199 g/mol. The Hall–Kier alpha value is -0.640. The smallest absolute Gasteiger partial charge is 0.122 e. The third-order valence-corrected chi connectivity index (χ3v) is 2.59. The van der Waals surface area contributed by atoms with Crippen LogP contribution in [0.5, 0.6) is 0 Å². The number of hydrogen-bond acceptors (Lipinski definition) is 3. The fraction of sp³-hybridized carbons (Fsp3) is 0.667. The minimum absolute atomic E-state index is 0.782. The number of unbranched alkanes of at least 4 members (excludes halogenated alkanes) is 1. The molecule has 0 aliphatic heterocycles. The van der Waals surface area contributed by atoms with Crippen molar-refractivity contribution in [3.8, 4) is 0 Å². The van der Waals surface area contributed by atoms with Gasteiger partial charge in [-0.15, -0.1) is 11.8 Å². The zero-order valence-electron chi connectivity index (χ0n) is 8.29. The number of aromatic nitrogens is 2. The molecule has 3 nitrogen and oxygen atoms in total. The van der Waals surface area contributed by atoms with Crippen LogP contribution in [-0.4, -0.2) is 15.5 Å². The first kappa shape index (κ1) is 10.4. The lowest BCUT2D eigenvalue weighted by atomic mass is 10.3. The summed E-state index contributed by atoms with van der Waals surface area (Å²) >= 11 is 1.73. The molecule has 0 atom stereocenters. The standard InChI is InChI=1S/C9H17N3S/c1-3-5-6-12-8(10)7-9(11-12)13-4-2/h7H,3-6,10H2,1-2H3. The van der Waals surface area contributed by atoms with Gasteiger partial charge < -0.3 is 5.73 Å². The van der Waals surface area contributed by atoms with Crippen molar-refractivity contribution in [2.45, 2.75) is 38.3 Å². The van der Waals surface area contributed by atoms with Gasteiger partial charge in [0.1, 0.15) is 10.8 Å². The average Bonchev–Trinajstić information content (AvgIpc) is 2.44. The molecule has 0 saturated heterocycles. The molecule has 1 aromatic rings. The Morgan fingerprint density at radius 3 is 2.92 bits per heavy atom. The van der Waals surface area contributed by atoms with Gasteiger partial charge in [0.2, 0.25) is 0 Å². The summed E-state index contributed by atoms with van der Waals surface area (Å²) in [5.74, 6) is 1.83. The van der Waals surface area contributed by atoms with Crippen molar-refractivity contribution in [2.24, 2.45) is 0 Å². The molecule has 74 valence electrons. The van der Waals surface area contributed by atoms with E-state index in [0.717, 1.165) is 29.6 Å². The van der Waals surface area contributed by atoms with Gasteiger partial charge in [-0.3, -0.25) is 0 Å². The minimum Gasteiger partial charge on any atom is -0.384 e. The van der Waals surface area contributed by atoms with E-state index < -0.39 is 0 Å². The Morgan fingerprint density at radius 1 is 1.54 bits per heavy atom. The number of aryl methyl sites for hydroxylation is 1. The van der Waals surface area contributed by atoms with Gasteiger partial charge in [0, 0.05) is 12.6 Å². The fourth-order valence-corrected chi connectivity index (χ4v) is 1.77. The van der Waals surface area contributed by atoms with Crippen molar-refractivity contribution in [1.29, 1.82) is 0 Å². The summed E-state index contributed by atoms with van der Waals surface area (Å²) in [5.41, 5.74) is 5.80. The van der Waals surface area contributed by atoms with Crippen LogP contribution in [0.4, 0.5) is 5.82 Å². The number of thioether (sulfide) groups is 1. The van der Waals surface area contributed by atoms with Gasteiger partial charge in [0.15, 0.2) is 0 Å². The second-order valence-corrected chi connectivity index (χ2v) is 4.20. The Labute approximate surface area is 83.7 Å². The van der Waals surface area contributed by atoms with Crippen LogP contribution in [0.1, 0.15) is 26.7 Å². The van der Waals surface area contributed by atoms with Crippen molar-refractivity contribution >= 4 is 17.6 Å². The molecular weight excluding hydrogens is 182 g/mol. The van der Waals surface area contributed by atoms with Gasteiger partial charge in [-0.25, -0.2) is 4.68 Å². The molecule has 13 heavy (non-hydrogen) atoms. The van der Waals surface area contributed by atoms with E-state index in [1.807, 2.05) is 10.7 Å². The Bertz CT molecular complexity index is 257. The van der Waals surface area contributed by atoms with Crippen LogP contribution >= 0.6 is 11.8 Å². The predicted octanol–water partition coefficient (Wildman–Crippen LogP) is 2.38. The first-order chi connectivity index (χ1) is 6.27. The molecule has 0 aliphatic carbocycles. The van der Waals surface area contributed by atoms with Gasteiger partial charge in [-0.05, 0) is 12.2 Å². The summed E-state index contributed by atoms with van der Waals surface area (Å²) in [6.07, 6.45) is 2.32. The highest BCUT2D eigenvalue weighted by molar-refractivity contribution is 7.99. The summed E-state index contributed by atoms with van der Waals surface area (Å²) in [4.78, 5) is 0. The van der Waals surface area contributed by atoms with Crippen LogP contribution in [0, 0.1) is 0 Å². The van der Waals surface area contributed by atoms with Crippen LogP contribution in [0.25, 0.3) is 0 Å². The molecule has 0 bridgehead atoms. The van der Waals surface area contributed by atoms with Crippen LogP contribution in [-0.2, 0) is 6.54 Å². The first-order valence-corrected chi connectivity index (χ1v) is 5.72. The molecule has 0 aliphatic rings. The van der Waals surface area contributed by atoms with Crippen LogP contribution in [0.15, 0.2) is 11.1 Å². The maximum Gasteiger partial charge on any atom is 0.122 e. The minimum atomic E-state index is 0.782. The van der Waals surface area contributed by atoms with Crippen molar-refractivity contribution < 1.29 is 0 Å². The Balaban J connectivity index is 2.60. The highest BCUT2D eigenvalue weighted by atomic mass is 32.2. The van der Waals surface area contributed by atoms with Crippen LogP contribution in [0.3, 0.4) is 0 Å².